The lowest BCUT2D eigenvalue weighted by atomic mass is 10.1. The van der Waals surface area contributed by atoms with E-state index in [2.05, 4.69) is 5.32 Å². The number of aryl methyl sites for hydroxylation is 1. The van der Waals surface area contributed by atoms with Crippen LogP contribution in [0.1, 0.15) is 44.7 Å². The summed E-state index contributed by atoms with van der Waals surface area (Å²) in [6.45, 7) is 6.02. The van der Waals surface area contributed by atoms with E-state index in [-0.39, 0.29) is 46.1 Å². The van der Waals surface area contributed by atoms with E-state index in [4.69, 9.17) is 39.5 Å². The van der Waals surface area contributed by atoms with Crippen LogP contribution in [0.2, 0.25) is 15.1 Å². The van der Waals surface area contributed by atoms with Crippen LogP contribution in [-0.2, 0) is 26.2 Å². The maximum absolute atomic E-state index is 14.3. The Labute approximate surface area is 283 Å². The van der Waals surface area contributed by atoms with E-state index in [0.717, 1.165) is 10.4 Å². The molecule has 248 valence electrons. The number of amides is 2. The van der Waals surface area contributed by atoms with Crippen molar-refractivity contribution >= 4 is 68.0 Å². The monoisotopic (exact) mass is 712 g/mol. The van der Waals surface area contributed by atoms with Crippen LogP contribution < -0.4 is 14.4 Å². The summed E-state index contributed by atoms with van der Waals surface area (Å²) >= 11 is 18.6. The van der Waals surface area contributed by atoms with Crippen LogP contribution in [-0.4, -0.2) is 55.8 Å². The van der Waals surface area contributed by atoms with Gasteiger partial charge in [0.1, 0.15) is 18.3 Å². The van der Waals surface area contributed by atoms with Crippen molar-refractivity contribution in [2.24, 2.45) is 0 Å². The lowest BCUT2D eigenvalue weighted by molar-refractivity contribution is -0.385. The highest BCUT2D eigenvalue weighted by atomic mass is 35.5. The summed E-state index contributed by atoms with van der Waals surface area (Å²) in [5.74, 6) is -1.10. The number of hydrogen-bond acceptors (Lipinski definition) is 7. The fraction of sp³-hybridized carbons (Fsp3) is 0.355. The van der Waals surface area contributed by atoms with E-state index in [1.165, 1.54) is 49.3 Å². The lowest BCUT2D eigenvalue weighted by Crippen LogP contribution is -2.53. The Kier molecular flexibility index (Phi) is 12.7. The number of anilines is 1. The molecule has 3 rings (SSSR count). The Morgan fingerprint density at radius 3 is 2.28 bits per heavy atom. The third-order valence-corrected chi connectivity index (χ3v) is 10.1. The van der Waals surface area contributed by atoms with Crippen molar-refractivity contribution in [1.82, 2.24) is 10.2 Å². The van der Waals surface area contributed by atoms with Crippen LogP contribution in [0.25, 0.3) is 0 Å². The molecule has 0 radical (unpaired) electrons. The minimum absolute atomic E-state index is 0.0694. The summed E-state index contributed by atoms with van der Waals surface area (Å²) in [6, 6.07) is 11.3. The van der Waals surface area contributed by atoms with Crippen molar-refractivity contribution in [3.05, 3.63) is 90.9 Å². The number of halogens is 3. The van der Waals surface area contributed by atoms with Crippen molar-refractivity contribution < 1.29 is 27.7 Å². The number of carbonyl (C=O) groups excluding carboxylic acids is 2. The first-order chi connectivity index (χ1) is 21.6. The van der Waals surface area contributed by atoms with Crippen molar-refractivity contribution in [2.45, 2.75) is 64.1 Å². The van der Waals surface area contributed by atoms with Crippen molar-refractivity contribution in [3.63, 3.8) is 0 Å². The van der Waals surface area contributed by atoms with Gasteiger partial charge < -0.3 is 15.0 Å². The average Bonchev–Trinajstić information content (AvgIpc) is 3.01. The van der Waals surface area contributed by atoms with Gasteiger partial charge in [0.25, 0.3) is 15.7 Å². The van der Waals surface area contributed by atoms with Crippen LogP contribution in [0, 0.1) is 17.0 Å². The van der Waals surface area contributed by atoms with Gasteiger partial charge in [-0.25, -0.2) is 8.42 Å². The van der Waals surface area contributed by atoms with Crippen molar-refractivity contribution in [1.29, 1.82) is 0 Å². The minimum Gasteiger partial charge on any atom is -0.495 e. The maximum Gasteiger partial charge on any atom is 0.273 e. The molecule has 0 aliphatic carbocycles. The molecule has 46 heavy (non-hydrogen) atoms. The second-order valence-corrected chi connectivity index (χ2v) is 13.7. The normalized spacial score (nSPS) is 12.6. The van der Waals surface area contributed by atoms with E-state index in [9.17, 15) is 28.1 Å². The molecular weight excluding hydrogens is 679 g/mol. The molecule has 2 atom stereocenters. The van der Waals surface area contributed by atoms with Crippen LogP contribution in [0.5, 0.6) is 5.75 Å². The molecule has 0 aliphatic rings. The molecule has 0 bridgehead atoms. The standard InChI is InChI=1S/C31H35Cl3N4O7S/c1-6-20(4)35-31(40)26(7-2)36(17-21-9-12-24(33)25(34)14-21)30(39)18-37(28-15-22(32)10-13-29(28)45-5)46(43,44)23-11-8-19(3)27(16-23)38(41)42/h8-16,20,26H,6-7,17-18H2,1-5H3,(H,35,40). The number of sulfonamides is 1. The first kappa shape index (κ1) is 36.9. The van der Waals surface area contributed by atoms with Gasteiger partial charge in [-0.1, -0.05) is 60.8 Å². The molecular formula is C31H35Cl3N4O7S. The summed E-state index contributed by atoms with van der Waals surface area (Å²) in [4.78, 5) is 39.6. The topological polar surface area (TPSA) is 139 Å². The van der Waals surface area contributed by atoms with E-state index in [1.54, 1.807) is 25.1 Å². The molecule has 3 aromatic rings. The molecule has 0 fully saturated rings. The number of rotatable bonds is 14. The molecule has 0 aromatic heterocycles. The molecule has 11 nitrogen and oxygen atoms in total. The summed E-state index contributed by atoms with van der Waals surface area (Å²) in [7, 11) is -3.34. The number of ether oxygens (including phenoxy) is 1. The minimum atomic E-state index is -4.66. The molecule has 0 saturated carbocycles. The zero-order chi connectivity index (χ0) is 34.3. The second-order valence-electron chi connectivity index (χ2n) is 10.5. The zero-order valence-corrected chi connectivity index (χ0v) is 29.0. The van der Waals surface area contributed by atoms with Gasteiger partial charge in [-0.05, 0) is 68.7 Å². The summed E-state index contributed by atoms with van der Waals surface area (Å²) < 4.78 is 34.8. The predicted molar refractivity (Wildman–Crippen MR) is 179 cm³/mol. The van der Waals surface area contributed by atoms with Crippen LogP contribution >= 0.6 is 34.8 Å². The molecule has 0 saturated heterocycles. The van der Waals surface area contributed by atoms with Gasteiger partial charge >= 0.3 is 0 Å². The van der Waals surface area contributed by atoms with Gasteiger partial charge in [-0.2, -0.15) is 0 Å². The Morgan fingerprint density at radius 1 is 1.00 bits per heavy atom. The number of carbonyl (C=O) groups is 2. The average molecular weight is 714 g/mol. The smallest absolute Gasteiger partial charge is 0.273 e. The number of benzene rings is 3. The van der Waals surface area contributed by atoms with E-state index in [1.807, 2.05) is 13.8 Å². The Balaban J connectivity index is 2.20. The third kappa shape index (κ3) is 8.61. The number of nitrogens with one attached hydrogen (secondary N) is 1. The number of nitro benzene ring substituents is 1. The highest BCUT2D eigenvalue weighted by Crippen LogP contribution is 2.36. The fourth-order valence-electron chi connectivity index (χ4n) is 4.64. The maximum atomic E-state index is 14.3. The van der Waals surface area contributed by atoms with Gasteiger partial charge in [0.05, 0.1) is 32.7 Å². The molecule has 0 spiro atoms. The van der Waals surface area contributed by atoms with Crippen molar-refractivity contribution in [3.8, 4) is 5.75 Å². The van der Waals surface area contributed by atoms with Gasteiger partial charge in [0.15, 0.2) is 0 Å². The van der Waals surface area contributed by atoms with Crippen LogP contribution in [0.15, 0.2) is 59.5 Å². The lowest BCUT2D eigenvalue weighted by Gasteiger charge is -2.34. The van der Waals surface area contributed by atoms with E-state index in [0.29, 0.717) is 17.0 Å². The molecule has 15 heteroatoms. The van der Waals surface area contributed by atoms with E-state index < -0.39 is 49.9 Å². The molecule has 2 unspecified atom stereocenters. The van der Waals surface area contributed by atoms with Crippen LogP contribution in [0.4, 0.5) is 11.4 Å². The van der Waals surface area contributed by atoms with Gasteiger partial charge in [-0.15, -0.1) is 0 Å². The summed E-state index contributed by atoms with van der Waals surface area (Å²) in [6.07, 6.45) is 0.846. The zero-order valence-electron chi connectivity index (χ0n) is 25.9. The Morgan fingerprint density at radius 2 is 1.70 bits per heavy atom. The SMILES string of the molecule is CCC(C)NC(=O)C(CC)N(Cc1ccc(Cl)c(Cl)c1)C(=O)CN(c1cc(Cl)ccc1OC)S(=O)(=O)c1ccc(C)c([N+](=O)[O-])c1. The number of hydrogen-bond donors (Lipinski definition) is 1. The fourth-order valence-corrected chi connectivity index (χ4v) is 6.56. The summed E-state index contributed by atoms with van der Waals surface area (Å²) in [5.41, 5.74) is 0.289. The highest BCUT2D eigenvalue weighted by Gasteiger charge is 2.36. The first-order valence-electron chi connectivity index (χ1n) is 14.3. The number of nitrogens with zero attached hydrogens (tertiary/aromatic N) is 3. The van der Waals surface area contributed by atoms with Gasteiger partial charge in [0.2, 0.25) is 11.8 Å². The molecule has 1 N–H and O–H groups in total. The highest BCUT2D eigenvalue weighted by molar-refractivity contribution is 7.92. The molecule has 3 aromatic carbocycles. The number of nitro groups is 1. The second kappa shape index (κ2) is 15.8. The quantitative estimate of drug-likeness (QED) is 0.143. The van der Waals surface area contributed by atoms with Gasteiger partial charge in [-0.3, -0.25) is 24.0 Å². The van der Waals surface area contributed by atoms with E-state index >= 15 is 0 Å². The Bertz CT molecular complexity index is 1720. The molecule has 0 heterocycles. The third-order valence-electron chi connectivity index (χ3n) is 7.38. The first-order valence-corrected chi connectivity index (χ1v) is 16.9. The van der Waals surface area contributed by atoms with Crippen LogP contribution in [0.3, 0.4) is 0 Å². The van der Waals surface area contributed by atoms with Gasteiger partial charge in [0, 0.05) is 29.2 Å². The largest absolute Gasteiger partial charge is 0.495 e. The van der Waals surface area contributed by atoms with Crippen molar-refractivity contribution in [2.75, 3.05) is 18.0 Å². The predicted octanol–water partition coefficient (Wildman–Crippen LogP) is 6.79. The molecule has 2 amide bonds. The number of methoxy groups -OCH3 is 1. The summed E-state index contributed by atoms with van der Waals surface area (Å²) in [5, 5.41) is 15.3. The Hall–Kier alpha value is -3.58. The molecule has 0 aliphatic heterocycles.